The van der Waals surface area contributed by atoms with Crippen molar-refractivity contribution in [3.63, 3.8) is 0 Å². The second kappa shape index (κ2) is 10.9. The van der Waals surface area contributed by atoms with E-state index in [9.17, 15) is 4.79 Å². The van der Waals surface area contributed by atoms with Crippen LogP contribution in [0.1, 0.15) is 56.3 Å². The van der Waals surface area contributed by atoms with Crippen molar-refractivity contribution in [2.45, 2.75) is 52.0 Å². The summed E-state index contributed by atoms with van der Waals surface area (Å²) in [6.45, 7) is 8.17. The Morgan fingerprint density at radius 2 is 1.62 bits per heavy atom. The molecule has 1 amide bonds. The van der Waals surface area contributed by atoms with Crippen LogP contribution in [-0.4, -0.2) is 43.2 Å². The second-order valence-corrected chi connectivity index (χ2v) is 9.52. The fourth-order valence-corrected chi connectivity index (χ4v) is 4.78. The monoisotopic (exact) mass is 436 g/mol. The molecule has 0 aromatic heterocycles. The number of rotatable bonds is 8. The molecule has 0 saturated carbocycles. The molecule has 2 aliphatic rings. The molecule has 2 saturated heterocycles. The predicted molar refractivity (Wildman–Crippen MR) is 129 cm³/mol. The fourth-order valence-electron chi connectivity index (χ4n) is 4.78. The van der Waals surface area contributed by atoms with Crippen LogP contribution >= 0.6 is 0 Å². The van der Waals surface area contributed by atoms with E-state index in [-0.39, 0.29) is 5.91 Å². The van der Waals surface area contributed by atoms with Gasteiger partial charge in [-0.2, -0.15) is 0 Å². The normalized spacial score (nSPS) is 21.1. The average Bonchev–Trinajstić information content (AvgIpc) is 2.82. The number of nitrogens with zero attached hydrogens (tertiary/aromatic N) is 1. The summed E-state index contributed by atoms with van der Waals surface area (Å²) in [5.41, 5.74) is 1.37. The van der Waals surface area contributed by atoms with E-state index in [1.165, 1.54) is 45.2 Å². The van der Waals surface area contributed by atoms with Crippen LogP contribution in [-0.2, 0) is 0 Å². The fraction of sp³-hybridized carbons (Fsp3) is 0.519. The highest BCUT2D eigenvalue weighted by molar-refractivity contribution is 6.04. The van der Waals surface area contributed by atoms with E-state index in [1.54, 1.807) is 12.1 Å². The molecular formula is C27H36N2O3. The first-order chi connectivity index (χ1) is 15.6. The van der Waals surface area contributed by atoms with Crippen LogP contribution < -0.4 is 14.8 Å². The van der Waals surface area contributed by atoms with Crippen molar-refractivity contribution >= 4 is 11.6 Å². The van der Waals surface area contributed by atoms with E-state index in [2.05, 4.69) is 24.1 Å². The number of ether oxygens (including phenoxy) is 2. The quantitative estimate of drug-likeness (QED) is 0.584. The highest BCUT2D eigenvalue weighted by atomic mass is 16.5. The summed E-state index contributed by atoms with van der Waals surface area (Å²) in [4.78, 5) is 15.2. The van der Waals surface area contributed by atoms with E-state index in [1.807, 2.05) is 36.4 Å². The van der Waals surface area contributed by atoms with Gasteiger partial charge in [0.1, 0.15) is 11.5 Å². The Morgan fingerprint density at radius 3 is 2.38 bits per heavy atom. The maximum Gasteiger partial charge on any atom is 0.255 e. The summed E-state index contributed by atoms with van der Waals surface area (Å²) < 4.78 is 11.8. The third-order valence-electron chi connectivity index (χ3n) is 6.50. The van der Waals surface area contributed by atoms with Crippen LogP contribution in [0.25, 0.3) is 0 Å². The van der Waals surface area contributed by atoms with Gasteiger partial charge in [-0.05, 0) is 93.2 Å². The SMILES string of the molecule is CC(C)COc1ccc(C(=O)Nc2ccc(OC[C@@H]3CCCN4CCCC[C@H]34)cc2)cc1. The standard InChI is InChI=1S/C27H36N2O3/c1-20(2)18-31-24-12-8-21(9-13-24)27(30)28-23-10-14-25(15-11-23)32-19-22-6-5-17-29-16-4-3-7-26(22)29/h8-15,20,22,26H,3-7,16-19H2,1-2H3,(H,28,30)/t22-,26+/m0/s1. The smallest absolute Gasteiger partial charge is 0.255 e. The first-order valence-electron chi connectivity index (χ1n) is 12.1. The number of hydrogen-bond acceptors (Lipinski definition) is 4. The van der Waals surface area contributed by atoms with Crippen LogP contribution in [0.15, 0.2) is 48.5 Å². The zero-order valence-electron chi connectivity index (χ0n) is 19.4. The Kier molecular flexibility index (Phi) is 7.69. The molecule has 32 heavy (non-hydrogen) atoms. The van der Waals surface area contributed by atoms with Crippen molar-refractivity contribution in [3.05, 3.63) is 54.1 Å². The Hall–Kier alpha value is -2.53. The van der Waals surface area contributed by atoms with Crippen LogP contribution in [0.4, 0.5) is 5.69 Å². The summed E-state index contributed by atoms with van der Waals surface area (Å²) in [5.74, 6) is 2.60. The molecule has 2 heterocycles. The number of carbonyl (C=O) groups excluding carboxylic acids is 1. The summed E-state index contributed by atoms with van der Waals surface area (Å²) in [6.07, 6.45) is 6.54. The van der Waals surface area contributed by atoms with Gasteiger partial charge in [-0.15, -0.1) is 0 Å². The molecule has 5 heteroatoms. The van der Waals surface area contributed by atoms with Gasteiger partial charge in [0, 0.05) is 23.2 Å². The van der Waals surface area contributed by atoms with E-state index < -0.39 is 0 Å². The molecule has 0 bridgehead atoms. The Morgan fingerprint density at radius 1 is 0.938 bits per heavy atom. The summed E-state index contributed by atoms with van der Waals surface area (Å²) >= 11 is 0. The maximum absolute atomic E-state index is 12.6. The first-order valence-corrected chi connectivity index (χ1v) is 12.1. The molecule has 2 atom stereocenters. The number of amides is 1. The van der Waals surface area contributed by atoms with Crippen LogP contribution in [0.2, 0.25) is 0 Å². The minimum atomic E-state index is -0.131. The lowest BCUT2D eigenvalue weighted by atomic mass is 9.84. The highest BCUT2D eigenvalue weighted by Gasteiger charge is 2.33. The van der Waals surface area contributed by atoms with Crippen molar-refractivity contribution in [2.24, 2.45) is 11.8 Å². The molecule has 4 rings (SSSR count). The van der Waals surface area contributed by atoms with Crippen LogP contribution in [0.5, 0.6) is 11.5 Å². The van der Waals surface area contributed by atoms with Crippen molar-refractivity contribution in [1.29, 1.82) is 0 Å². The molecule has 0 spiro atoms. The van der Waals surface area contributed by atoms with Gasteiger partial charge in [-0.1, -0.05) is 20.3 Å². The number of nitrogens with one attached hydrogen (secondary N) is 1. The molecule has 2 fully saturated rings. The van der Waals surface area contributed by atoms with Gasteiger partial charge in [-0.25, -0.2) is 0 Å². The van der Waals surface area contributed by atoms with E-state index in [0.29, 0.717) is 30.0 Å². The highest BCUT2D eigenvalue weighted by Crippen LogP contribution is 2.31. The van der Waals surface area contributed by atoms with Crippen LogP contribution in [0.3, 0.4) is 0 Å². The van der Waals surface area contributed by atoms with Crippen molar-refractivity contribution in [2.75, 3.05) is 31.6 Å². The Labute approximate surface area is 192 Å². The van der Waals surface area contributed by atoms with E-state index in [0.717, 1.165) is 23.8 Å². The summed E-state index contributed by atoms with van der Waals surface area (Å²) in [5, 5.41) is 2.96. The lowest BCUT2D eigenvalue weighted by molar-refractivity contribution is 0.0366. The molecule has 0 unspecified atom stereocenters. The Bertz CT molecular complexity index is 861. The number of anilines is 1. The lowest BCUT2D eigenvalue weighted by Crippen LogP contribution is -2.49. The van der Waals surface area contributed by atoms with Gasteiger partial charge in [0.25, 0.3) is 5.91 Å². The average molecular weight is 437 g/mol. The minimum Gasteiger partial charge on any atom is -0.493 e. The first kappa shape index (κ1) is 22.7. The predicted octanol–water partition coefficient (Wildman–Crippen LogP) is 5.62. The minimum absolute atomic E-state index is 0.131. The molecule has 5 nitrogen and oxygen atoms in total. The molecule has 0 radical (unpaired) electrons. The molecule has 0 aliphatic carbocycles. The number of carbonyl (C=O) groups is 1. The lowest BCUT2D eigenvalue weighted by Gasteiger charge is -2.44. The van der Waals surface area contributed by atoms with Gasteiger partial charge in [-0.3, -0.25) is 9.69 Å². The summed E-state index contributed by atoms with van der Waals surface area (Å²) in [7, 11) is 0. The summed E-state index contributed by atoms with van der Waals surface area (Å²) in [6, 6.07) is 15.7. The second-order valence-electron chi connectivity index (χ2n) is 9.52. The van der Waals surface area contributed by atoms with Crippen molar-refractivity contribution in [3.8, 4) is 11.5 Å². The zero-order chi connectivity index (χ0) is 22.3. The van der Waals surface area contributed by atoms with Gasteiger partial charge in [0.15, 0.2) is 0 Å². The molecule has 2 aliphatic heterocycles. The van der Waals surface area contributed by atoms with Gasteiger partial charge in [0.05, 0.1) is 13.2 Å². The maximum atomic E-state index is 12.6. The molecule has 2 aromatic carbocycles. The molecule has 2 aromatic rings. The third-order valence-corrected chi connectivity index (χ3v) is 6.50. The molecular weight excluding hydrogens is 400 g/mol. The van der Waals surface area contributed by atoms with Crippen molar-refractivity contribution in [1.82, 2.24) is 4.90 Å². The van der Waals surface area contributed by atoms with E-state index in [4.69, 9.17) is 9.47 Å². The third kappa shape index (κ3) is 6.04. The number of piperidine rings is 2. The van der Waals surface area contributed by atoms with Gasteiger partial charge < -0.3 is 14.8 Å². The zero-order valence-corrected chi connectivity index (χ0v) is 19.4. The van der Waals surface area contributed by atoms with Gasteiger partial charge >= 0.3 is 0 Å². The largest absolute Gasteiger partial charge is 0.493 e. The molecule has 172 valence electrons. The van der Waals surface area contributed by atoms with E-state index >= 15 is 0 Å². The number of fused-ring (bicyclic) bond motifs is 1. The van der Waals surface area contributed by atoms with Crippen LogP contribution in [0, 0.1) is 11.8 Å². The van der Waals surface area contributed by atoms with Gasteiger partial charge in [0.2, 0.25) is 0 Å². The number of hydrogen-bond donors (Lipinski definition) is 1. The molecule has 1 N–H and O–H groups in total. The van der Waals surface area contributed by atoms with Crippen molar-refractivity contribution < 1.29 is 14.3 Å². The number of benzene rings is 2. The topological polar surface area (TPSA) is 50.8 Å². The Balaban J connectivity index is 1.26.